The standard InChI is InChI=1S/C23H25ClSi.C8H22O2Si2.2CH4/c1-25(2,24)23(21-16-10-5-11-17-21)18-22(19-12-6-3-7-13-19)20-14-8-4-9-15-20;1-11(2,3)10-12(4,5)8-6-7-9;;/h3-17,22-23H,18H2,1-2H3;9H,6-8H2,1-5H3;2*1H4. The molecule has 1 unspecified atom stereocenters. The SMILES string of the molecule is C.C.C[Si](C)(C)O[Si](C)(C)CCCO.C[Si](C)(Cl)C(CC(c1ccccc1)c1ccccc1)c1ccccc1. The Balaban J connectivity index is 0.000000888. The van der Waals surface area contributed by atoms with Gasteiger partial charge in [0.15, 0.2) is 24.0 Å². The van der Waals surface area contributed by atoms with E-state index in [1.54, 1.807) is 0 Å². The van der Waals surface area contributed by atoms with Crippen LogP contribution in [0.2, 0.25) is 51.9 Å². The van der Waals surface area contributed by atoms with E-state index in [0.717, 1.165) is 18.9 Å². The number of aliphatic hydroxyl groups is 1. The Morgan fingerprint density at radius 3 is 1.38 bits per heavy atom. The molecule has 3 rings (SSSR count). The van der Waals surface area contributed by atoms with E-state index in [0.29, 0.717) is 18.1 Å². The van der Waals surface area contributed by atoms with Crippen molar-refractivity contribution in [2.45, 2.75) is 91.0 Å². The lowest BCUT2D eigenvalue weighted by atomic mass is 9.86. The summed E-state index contributed by atoms with van der Waals surface area (Å²) < 4.78 is 6.09. The highest BCUT2D eigenvalue weighted by Gasteiger charge is 2.34. The van der Waals surface area contributed by atoms with Gasteiger partial charge in [-0.25, -0.2) is 0 Å². The van der Waals surface area contributed by atoms with Crippen LogP contribution in [0.4, 0.5) is 0 Å². The van der Waals surface area contributed by atoms with Crippen LogP contribution >= 0.6 is 11.1 Å². The molecule has 0 aromatic heterocycles. The maximum atomic E-state index is 8.71. The molecule has 0 aliphatic rings. The summed E-state index contributed by atoms with van der Waals surface area (Å²) in [4.78, 5) is 0. The molecule has 0 fully saturated rings. The molecule has 1 atom stereocenters. The zero-order chi connectivity index (χ0) is 27.5. The minimum absolute atomic E-state index is 0. The van der Waals surface area contributed by atoms with Crippen molar-refractivity contribution < 1.29 is 9.22 Å². The van der Waals surface area contributed by atoms with Gasteiger partial charge in [0.1, 0.15) is 0 Å². The van der Waals surface area contributed by atoms with Crippen LogP contribution in [0.1, 0.15) is 55.8 Å². The first-order chi connectivity index (χ1) is 17.3. The van der Waals surface area contributed by atoms with Gasteiger partial charge < -0.3 is 9.22 Å². The summed E-state index contributed by atoms with van der Waals surface area (Å²) in [5.74, 6) is 0.359. The van der Waals surface area contributed by atoms with Crippen molar-refractivity contribution in [3.05, 3.63) is 108 Å². The van der Waals surface area contributed by atoms with Crippen molar-refractivity contribution in [2.24, 2.45) is 0 Å². The lowest BCUT2D eigenvalue weighted by Gasteiger charge is -2.31. The Morgan fingerprint density at radius 2 is 1.05 bits per heavy atom. The van der Waals surface area contributed by atoms with Crippen LogP contribution in [0, 0.1) is 0 Å². The van der Waals surface area contributed by atoms with Gasteiger partial charge in [-0.15, -0.1) is 0 Å². The van der Waals surface area contributed by atoms with Gasteiger partial charge in [0.2, 0.25) is 0 Å². The molecule has 3 aromatic rings. The lowest BCUT2D eigenvalue weighted by Crippen LogP contribution is -2.42. The quantitative estimate of drug-likeness (QED) is 0.175. The second-order valence-electron chi connectivity index (χ2n) is 11.9. The van der Waals surface area contributed by atoms with Crippen molar-refractivity contribution >= 4 is 35.1 Å². The summed E-state index contributed by atoms with van der Waals surface area (Å²) in [5, 5.41) is 8.71. The van der Waals surface area contributed by atoms with Crippen LogP contribution in [0.3, 0.4) is 0 Å². The maximum absolute atomic E-state index is 8.71. The first kappa shape index (κ1) is 37.5. The first-order valence-electron chi connectivity index (χ1n) is 13.5. The third-order valence-electron chi connectivity index (χ3n) is 6.43. The largest absolute Gasteiger partial charge is 0.456 e. The van der Waals surface area contributed by atoms with E-state index in [-0.39, 0.29) is 14.9 Å². The van der Waals surface area contributed by atoms with E-state index in [4.69, 9.17) is 20.3 Å². The van der Waals surface area contributed by atoms with Crippen LogP contribution in [0.25, 0.3) is 0 Å². The highest BCUT2D eigenvalue weighted by atomic mass is 35.6. The number of aliphatic hydroxyl groups excluding tert-OH is 1. The van der Waals surface area contributed by atoms with Crippen molar-refractivity contribution in [3.8, 4) is 0 Å². The van der Waals surface area contributed by atoms with Gasteiger partial charge in [0.05, 0.1) is 0 Å². The van der Waals surface area contributed by atoms with Crippen LogP contribution in [0.15, 0.2) is 91.0 Å². The minimum Gasteiger partial charge on any atom is -0.456 e. The van der Waals surface area contributed by atoms with Crippen molar-refractivity contribution in [1.29, 1.82) is 0 Å². The van der Waals surface area contributed by atoms with E-state index in [1.165, 1.54) is 16.7 Å². The molecule has 0 radical (unpaired) electrons. The topological polar surface area (TPSA) is 29.5 Å². The fraction of sp³-hybridized carbons (Fsp3) is 0.455. The molecule has 0 heterocycles. The molecule has 0 bridgehead atoms. The number of hydrogen-bond donors (Lipinski definition) is 1. The lowest BCUT2D eigenvalue weighted by molar-refractivity contribution is 0.292. The molecule has 0 spiro atoms. The summed E-state index contributed by atoms with van der Waals surface area (Å²) >= 11 is 6.99. The molecule has 2 nitrogen and oxygen atoms in total. The van der Waals surface area contributed by atoms with Crippen LogP contribution in [0.5, 0.6) is 0 Å². The zero-order valence-electron chi connectivity index (χ0n) is 23.9. The predicted octanol–water partition coefficient (Wildman–Crippen LogP) is 10.7. The molecule has 0 amide bonds. The zero-order valence-corrected chi connectivity index (χ0v) is 27.6. The maximum Gasteiger partial charge on any atom is 0.173 e. The Kier molecular flexibility index (Phi) is 16.7. The van der Waals surface area contributed by atoms with Crippen molar-refractivity contribution in [1.82, 2.24) is 0 Å². The van der Waals surface area contributed by atoms with Crippen molar-refractivity contribution in [3.63, 3.8) is 0 Å². The molecule has 218 valence electrons. The Bertz CT molecular complexity index is 978. The third kappa shape index (κ3) is 14.1. The van der Waals surface area contributed by atoms with Gasteiger partial charge in [0, 0.05) is 12.5 Å². The van der Waals surface area contributed by atoms with Crippen LogP contribution in [-0.2, 0) is 4.12 Å². The van der Waals surface area contributed by atoms with Crippen molar-refractivity contribution in [2.75, 3.05) is 6.61 Å². The van der Waals surface area contributed by atoms with Gasteiger partial charge in [-0.3, -0.25) is 0 Å². The molecular formula is C33H55ClO2Si3. The molecule has 0 aliphatic heterocycles. The van der Waals surface area contributed by atoms with E-state index in [1.807, 2.05) is 0 Å². The first-order valence-corrected chi connectivity index (χ1v) is 24.1. The highest BCUT2D eigenvalue weighted by molar-refractivity contribution is 7.19. The molecule has 39 heavy (non-hydrogen) atoms. The minimum atomic E-state index is -1.88. The normalized spacial score (nSPS) is 12.5. The molecule has 0 saturated carbocycles. The Labute approximate surface area is 248 Å². The van der Waals surface area contributed by atoms with Gasteiger partial charge in [-0.2, -0.15) is 11.1 Å². The number of rotatable bonds is 11. The Morgan fingerprint density at radius 1 is 0.667 bits per heavy atom. The fourth-order valence-corrected chi connectivity index (χ4v) is 15.4. The second kappa shape index (κ2) is 17.4. The second-order valence-corrected chi connectivity index (χ2v) is 27.7. The molecule has 0 aliphatic carbocycles. The summed E-state index contributed by atoms with van der Waals surface area (Å²) in [7, 11) is -4.70. The van der Waals surface area contributed by atoms with E-state index in [2.05, 4.69) is 137 Å². The molecule has 6 heteroatoms. The van der Waals surface area contributed by atoms with Gasteiger partial charge in [-0.05, 0) is 73.9 Å². The van der Waals surface area contributed by atoms with Gasteiger partial charge in [-0.1, -0.05) is 119 Å². The highest BCUT2D eigenvalue weighted by Crippen LogP contribution is 2.41. The average molecular weight is 604 g/mol. The summed E-state index contributed by atoms with van der Waals surface area (Å²) in [5.41, 5.74) is 4.50. The van der Waals surface area contributed by atoms with E-state index >= 15 is 0 Å². The van der Waals surface area contributed by atoms with Gasteiger partial charge in [0.25, 0.3) is 0 Å². The third-order valence-corrected chi connectivity index (χ3v) is 15.7. The monoisotopic (exact) mass is 602 g/mol. The van der Waals surface area contributed by atoms with Gasteiger partial charge >= 0.3 is 0 Å². The number of halogens is 1. The molecule has 3 aromatic carbocycles. The fourth-order valence-electron chi connectivity index (χ4n) is 4.95. The number of benzene rings is 3. The van der Waals surface area contributed by atoms with Crippen LogP contribution in [-0.4, -0.2) is 35.7 Å². The molecule has 1 N–H and O–H groups in total. The van der Waals surface area contributed by atoms with E-state index < -0.39 is 24.0 Å². The predicted molar refractivity (Wildman–Crippen MR) is 184 cm³/mol. The average Bonchev–Trinajstić information content (AvgIpc) is 2.83. The Hall–Kier alpha value is -1.48. The summed E-state index contributed by atoms with van der Waals surface area (Å²) in [6, 6.07) is 33.5. The van der Waals surface area contributed by atoms with E-state index in [9.17, 15) is 0 Å². The summed E-state index contributed by atoms with van der Waals surface area (Å²) in [6.45, 7) is 16.0. The molecule has 0 saturated heterocycles. The summed E-state index contributed by atoms with van der Waals surface area (Å²) in [6.07, 6.45) is 1.93. The molecular weight excluding hydrogens is 548 g/mol. The number of hydrogen-bond acceptors (Lipinski definition) is 2. The smallest absolute Gasteiger partial charge is 0.173 e. The van der Waals surface area contributed by atoms with Crippen LogP contribution < -0.4 is 0 Å².